The van der Waals surface area contributed by atoms with E-state index in [0.29, 0.717) is 6.54 Å². The molecule has 1 spiro atoms. The highest BCUT2D eigenvalue weighted by atomic mass is 16.5. The van der Waals surface area contributed by atoms with E-state index in [1.54, 1.807) is 14.2 Å². The molecule has 0 bridgehead atoms. The van der Waals surface area contributed by atoms with Crippen molar-refractivity contribution in [3.8, 4) is 11.5 Å². The lowest BCUT2D eigenvalue weighted by Crippen LogP contribution is -2.55. The van der Waals surface area contributed by atoms with Crippen molar-refractivity contribution in [1.82, 2.24) is 14.8 Å². The van der Waals surface area contributed by atoms with Gasteiger partial charge in [-0.2, -0.15) is 0 Å². The molecule has 3 aromatic rings. The summed E-state index contributed by atoms with van der Waals surface area (Å²) in [7, 11) is 3.38. The molecule has 6 rings (SSSR count). The number of aromatic amines is 1. The maximum absolute atomic E-state index is 13.4. The van der Waals surface area contributed by atoms with Crippen molar-refractivity contribution in [2.45, 2.75) is 43.7 Å². The molecule has 2 aliphatic heterocycles. The van der Waals surface area contributed by atoms with Crippen molar-refractivity contribution in [1.29, 1.82) is 0 Å². The maximum Gasteiger partial charge on any atom is 0.226 e. The third kappa shape index (κ3) is 3.95. The van der Waals surface area contributed by atoms with Crippen molar-refractivity contribution in [3.63, 3.8) is 0 Å². The van der Waals surface area contributed by atoms with Crippen LogP contribution in [0.2, 0.25) is 0 Å². The number of aliphatic hydroxyl groups is 1. The van der Waals surface area contributed by atoms with Gasteiger partial charge < -0.3 is 24.5 Å². The van der Waals surface area contributed by atoms with Crippen molar-refractivity contribution in [3.05, 3.63) is 59.3 Å². The first-order valence-electron chi connectivity index (χ1n) is 13.0. The van der Waals surface area contributed by atoms with Crippen LogP contribution in [0.4, 0.5) is 0 Å². The molecular weight excluding hydrogens is 454 g/mol. The number of hydrogen-bond donors (Lipinski definition) is 2. The number of benzene rings is 2. The van der Waals surface area contributed by atoms with E-state index in [2.05, 4.69) is 28.1 Å². The van der Waals surface area contributed by atoms with Crippen LogP contribution >= 0.6 is 0 Å². The minimum atomic E-state index is -0.327. The van der Waals surface area contributed by atoms with Crippen LogP contribution in [0, 0.1) is 5.92 Å². The van der Waals surface area contributed by atoms with Crippen molar-refractivity contribution in [2.75, 3.05) is 40.5 Å². The topological polar surface area (TPSA) is 78.0 Å². The van der Waals surface area contributed by atoms with Crippen LogP contribution in [0.3, 0.4) is 0 Å². The molecule has 1 aliphatic carbocycles. The lowest BCUT2D eigenvalue weighted by Gasteiger charge is -2.50. The number of rotatable bonds is 6. The number of carbonyl (C=O) groups is 1. The zero-order valence-electron chi connectivity index (χ0n) is 21.1. The number of aliphatic hydroxyl groups excluding tert-OH is 1. The molecule has 190 valence electrons. The summed E-state index contributed by atoms with van der Waals surface area (Å²) in [6.45, 7) is 3.39. The molecule has 2 aromatic carbocycles. The van der Waals surface area contributed by atoms with Gasteiger partial charge in [0, 0.05) is 47.1 Å². The number of likely N-dealkylation sites (tertiary alicyclic amines) is 1. The molecule has 2 N–H and O–H groups in total. The van der Waals surface area contributed by atoms with E-state index in [9.17, 15) is 9.90 Å². The second-order valence-corrected chi connectivity index (χ2v) is 10.7. The third-order valence-corrected chi connectivity index (χ3v) is 8.48. The Balaban J connectivity index is 1.35. The first-order valence-corrected chi connectivity index (χ1v) is 13.0. The monoisotopic (exact) mass is 489 g/mol. The van der Waals surface area contributed by atoms with Gasteiger partial charge in [0.2, 0.25) is 5.91 Å². The molecule has 2 fully saturated rings. The number of piperidine rings is 1. The molecule has 0 unspecified atom stereocenters. The summed E-state index contributed by atoms with van der Waals surface area (Å²) in [6, 6.07) is 14.1. The Hall–Kier alpha value is -3.03. The highest BCUT2D eigenvalue weighted by molar-refractivity contribution is 5.89. The van der Waals surface area contributed by atoms with Crippen LogP contribution < -0.4 is 9.47 Å². The Morgan fingerprint density at radius 3 is 2.53 bits per heavy atom. The van der Waals surface area contributed by atoms with E-state index in [4.69, 9.17) is 9.47 Å². The van der Waals surface area contributed by atoms with Crippen LogP contribution in [0.15, 0.2) is 42.5 Å². The van der Waals surface area contributed by atoms with Gasteiger partial charge in [-0.15, -0.1) is 0 Å². The zero-order valence-corrected chi connectivity index (χ0v) is 21.1. The minimum Gasteiger partial charge on any atom is -0.497 e. The predicted molar refractivity (Wildman–Crippen MR) is 138 cm³/mol. The van der Waals surface area contributed by atoms with Crippen LogP contribution in [-0.2, 0) is 16.8 Å². The maximum atomic E-state index is 13.4. The van der Waals surface area contributed by atoms with Crippen molar-refractivity contribution >= 4 is 16.8 Å². The van der Waals surface area contributed by atoms with E-state index in [0.717, 1.165) is 68.0 Å². The van der Waals surface area contributed by atoms with Crippen molar-refractivity contribution < 1.29 is 19.4 Å². The number of H-pyrrole nitrogens is 1. The molecule has 1 atom stereocenters. The number of aromatic nitrogens is 1. The normalized spacial score (nSPS) is 21.5. The molecule has 7 nitrogen and oxygen atoms in total. The largest absolute Gasteiger partial charge is 0.497 e. The highest BCUT2D eigenvalue weighted by Gasteiger charge is 2.50. The lowest BCUT2D eigenvalue weighted by molar-refractivity contribution is -0.138. The minimum absolute atomic E-state index is 0.0759. The first-order chi connectivity index (χ1) is 17.5. The SMILES string of the molecule is COc1cccc(CN2CCC3(CC2)CN(C(=O)C2CC2)[C@H](CO)c2[nH]c4cc(OC)ccc4c23)c1. The average molecular weight is 490 g/mol. The molecule has 1 saturated carbocycles. The number of methoxy groups -OCH3 is 2. The lowest BCUT2D eigenvalue weighted by atomic mass is 9.68. The molecule has 1 aromatic heterocycles. The first kappa shape index (κ1) is 23.4. The molecule has 3 heterocycles. The summed E-state index contributed by atoms with van der Waals surface area (Å²) in [6.07, 6.45) is 3.86. The van der Waals surface area contributed by atoms with Gasteiger partial charge in [0.05, 0.1) is 26.9 Å². The van der Waals surface area contributed by atoms with Gasteiger partial charge in [-0.3, -0.25) is 9.69 Å². The Morgan fingerprint density at radius 2 is 1.83 bits per heavy atom. The summed E-state index contributed by atoms with van der Waals surface area (Å²) in [5, 5.41) is 11.6. The van der Waals surface area contributed by atoms with Gasteiger partial charge in [-0.1, -0.05) is 12.1 Å². The van der Waals surface area contributed by atoms with Gasteiger partial charge in [-0.25, -0.2) is 0 Å². The Kier molecular flexibility index (Phi) is 5.92. The van der Waals surface area contributed by atoms with Gasteiger partial charge in [0.25, 0.3) is 0 Å². The predicted octanol–water partition coefficient (Wildman–Crippen LogP) is 4.00. The fourth-order valence-electron chi connectivity index (χ4n) is 6.38. The summed E-state index contributed by atoms with van der Waals surface area (Å²) >= 11 is 0. The average Bonchev–Trinajstić information content (AvgIpc) is 3.69. The van der Waals surface area contributed by atoms with Crippen LogP contribution in [0.25, 0.3) is 10.9 Å². The smallest absolute Gasteiger partial charge is 0.226 e. The summed E-state index contributed by atoms with van der Waals surface area (Å²) in [4.78, 5) is 21.5. The Morgan fingerprint density at radius 1 is 1.08 bits per heavy atom. The fraction of sp³-hybridized carbons (Fsp3) is 0.483. The van der Waals surface area contributed by atoms with Crippen LogP contribution in [-0.4, -0.2) is 66.3 Å². The third-order valence-electron chi connectivity index (χ3n) is 8.48. The second kappa shape index (κ2) is 9.12. The quantitative estimate of drug-likeness (QED) is 0.547. The number of carbonyl (C=O) groups excluding carboxylic acids is 1. The van der Waals surface area contributed by atoms with E-state index in [1.807, 2.05) is 29.2 Å². The fourth-order valence-corrected chi connectivity index (χ4v) is 6.38. The molecule has 0 radical (unpaired) electrons. The van der Waals surface area contributed by atoms with E-state index in [-0.39, 0.29) is 29.9 Å². The second-order valence-electron chi connectivity index (χ2n) is 10.7. The van der Waals surface area contributed by atoms with Crippen LogP contribution in [0.5, 0.6) is 11.5 Å². The molecule has 1 saturated heterocycles. The molecule has 3 aliphatic rings. The summed E-state index contributed by atoms with van der Waals surface area (Å²) in [5.74, 6) is 2.01. The van der Waals surface area contributed by atoms with Gasteiger partial charge >= 0.3 is 0 Å². The van der Waals surface area contributed by atoms with Gasteiger partial charge in [-0.05, 0) is 74.2 Å². The Bertz CT molecular complexity index is 1270. The number of amides is 1. The van der Waals surface area contributed by atoms with Crippen LogP contribution in [0.1, 0.15) is 48.5 Å². The number of nitrogens with one attached hydrogen (secondary N) is 1. The molecule has 7 heteroatoms. The van der Waals surface area contributed by atoms with Gasteiger partial charge in [0.15, 0.2) is 0 Å². The highest BCUT2D eigenvalue weighted by Crippen LogP contribution is 2.50. The summed E-state index contributed by atoms with van der Waals surface area (Å²) < 4.78 is 10.9. The number of hydrogen-bond acceptors (Lipinski definition) is 5. The molecular formula is C29H35N3O4. The summed E-state index contributed by atoms with van der Waals surface area (Å²) in [5.41, 5.74) is 4.42. The Labute approximate surface area is 212 Å². The van der Waals surface area contributed by atoms with E-state index in [1.165, 1.54) is 16.5 Å². The van der Waals surface area contributed by atoms with E-state index < -0.39 is 0 Å². The zero-order chi connectivity index (χ0) is 24.9. The number of fused-ring (bicyclic) bond motifs is 4. The van der Waals surface area contributed by atoms with E-state index >= 15 is 0 Å². The number of ether oxygens (including phenoxy) is 2. The van der Waals surface area contributed by atoms with Crippen molar-refractivity contribution in [2.24, 2.45) is 5.92 Å². The number of nitrogens with zero attached hydrogens (tertiary/aromatic N) is 2. The standard InChI is InChI=1S/C29H35N3O4/c1-35-21-5-3-4-19(14-21)16-31-12-10-29(11-13-31)18-32(28(34)20-6-7-20)25(17-33)27-26(29)23-9-8-22(36-2)15-24(23)30-27/h3-5,8-9,14-15,20,25,30,33H,6-7,10-13,16-18H2,1-2H3/t25-/m1/s1. The molecule has 1 amide bonds. The molecule has 36 heavy (non-hydrogen) atoms. The van der Waals surface area contributed by atoms with Gasteiger partial charge in [0.1, 0.15) is 11.5 Å².